The van der Waals surface area contributed by atoms with Crippen LogP contribution in [0.2, 0.25) is 0 Å². The Morgan fingerprint density at radius 3 is 2.59 bits per heavy atom. The first-order chi connectivity index (χ1) is 10.6. The largest absolute Gasteiger partial charge is 0.478 e. The molecule has 0 unspecified atom stereocenters. The Kier molecular flexibility index (Phi) is 4.11. The number of rotatable bonds is 4. The summed E-state index contributed by atoms with van der Waals surface area (Å²) in [6.45, 7) is 2.06. The molecule has 0 radical (unpaired) electrons. The second-order valence-corrected chi connectivity index (χ2v) is 6.06. The normalized spacial score (nSPS) is 10.8. The van der Waals surface area contributed by atoms with Gasteiger partial charge in [0.2, 0.25) is 0 Å². The van der Waals surface area contributed by atoms with E-state index in [4.69, 9.17) is 10.1 Å². The van der Waals surface area contributed by atoms with Crippen LogP contribution in [0, 0.1) is 6.92 Å². The molecule has 0 bridgehead atoms. The first-order valence-corrected chi connectivity index (χ1v) is 7.93. The first kappa shape index (κ1) is 14.6. The average molecular weight is 309 g/mol. The van der Waals surface area contributed by atoms with Gasteiger partial charge in [0.05, 0.1) is 16.1 Å². The predicted molar refractivity (Wildman–Crippen MR) is 89.4 cm³/mol. The van der Waals surface area contributed by atoms with E-state index in [0.29, 0.717) is 5.56 Å². The Morgan fingerprint density at radius 2 is 1.86 bits per heavy atom. The van der Waals surface area contributed by atoms with Gasteiger partial charge in [0.15, 0.2) is 0 Å². The molecule has 0 aliphatic rings. The molecule has 1 heterocycles. The molecule has 1 N–H and O–H groups in total. The molecule has 3 rings (SSSR count). The van der Waals surface area contributed by atoms with Crippen molar-refractivity contribution in [2.24, 2.45) is 0 Å². The minimum Gasteiger partial charge on any atom is -0.478 e. The summed E-state index contributed by atoms with van der Waals surface area (Å²) >= 11 is 1.67. The van der Waals surface area contributed by atoms with Crippen LogP contribution in [0.3, 0.4) is 0 Å². The Hall–Kier alpha value is -2.33. The smallest absolute Gasteiger partial charge is 0.335 e. The standard InChI is InChI=1S/C18H15NO2S/c1-12-10-15-4-2-3-5-16(15)19-17(12)22-11-13-6-8-14(9-7-13)18(20)21/h2-10H,11H2,1H3,(H,20,21). The lowest BCUT2D eigenvalue weighted by Gasteiger charge is -2.07. The van der Waals surface area contributed by atoms with Crippen LogP contribution in [0.5, 0.6) is 0 Å². The fraction of sp³-hybridized carbons (Fsp3) is 0.111. The molecular weight excluding hydrogens is 294 g/mol. The number of fused-ring (bicyclic) bond motifs is 1. The molecule has 22 heavy (non-hydrogen) atoms. The molecule has 0 amide bonds. The number of aryl methyl sites for hydroxylation is 1. The molecular formula is C18H15NO2S. The molecule has 0 aliphatic carbocycles. The number of aromatic nitrogens is 1. The van der Waals surface area contributed by atoms with Crippen molar-refractivity contribution in [3.63, 3.8) is 0 Å². The van der Waals surface area contributed by atoms with Gasteiger partial charge in [-0.3, -0.25) is 0 Å². The summed E-state index contributed by atoms with van der Waals surface area (Å²) in [6, 6.07) is 17.2. The number of carboxylic acid groups (broad SMARTS) is 1. The second-order valence-electron chi connectivity index (χ2n) is 5.09. The molecule has 0 fully saturated rings. The quantitative estimate of drug-likeness (QED) is 0.719. The summed E-state index contributed by atoms with van der Waals surface area (Å²) < 4.78 is 0. The van der Waals surface area contributed by atoms with Gasteiger partial charge < -0.3 is 5.11 Å². The molecule has 0 spiro atoms. The summed E-state index contributed by atoms with van der Waals surface area (Å²) in [5, 5.41) is 11.1. The third-order valence-corrected chi connectivity index (χ3v) is 4.61. The molecule has 1 aromatic heterocycles. The van der Waals surface area contributed by atoms with E-state index in [1.54, 1.807) is 23.9 Å². The van der Waals surface area contributed by atoms with Gasteiger partial charge in [0, 0.05) is 11.1 Å². The van der Waals surface area contributed by atoms with E-state index in [1.807, 2.05) is 30.3 Å². The monoisotopic (exact) mass is 309 g/mol. The molecule has 0 aliphatic heterocycles. The van der Waals surface area contributed by atoms with Crippen molar-refractivity contribution in [2.45, 2.75) is 17.7 Å². The Bertz CT molecular complexity index is 828. The van der Waals surface area contributed by atoms with Crippen LogP contribution < -0.4 is 0 Å². The molecule has 0 atom stereocenters. The molecule has 3 nitrogen and oxygen atoms in total. The number of carboxylic acids is 1. The van der Waals surface area contributed by atoms with Gasteiger partial charge in [-0.1, -0.05) is 30.3 Å². The maximum absolute atomic E-state index is 10.8. The van der Waals surface area contributed by atoms with Gasteiger partial charge in [-0.25, -0.2) is 9.78 Å². The highest BCUT2D eigenvalue weighted by Gasteiger charge is 2.06. The van der Waals surface area contributed by atoms with Crippen molar-refractivity contribution >= 4 is 28.6 Å². The van der Waals surface area contributed by atoms with Crippen LogP contribution in [0.4, 0.5) is 0 Å². The van der Waals surface area contributed by atoms with E-state index in [-0.39, 0.29) is 0 Å². The van der Waals surface area contributed by atoms with Crippen LogP contribution in [-0.2, 0) is 5.75 Å². The van der Waals surface area contributed by atoms with Crippen LogP contribution in [0.15, 0.2) is 59.6 Å². The Balaban J connectivity index is 1.78. The number of pyridine rings is 1. The van der Waals surface area contributed by atoms with Crippen molar-refractivity contribution < 1.29 is 9.90 Å². The lowest BCUT2D eigenvalue weighted by molar-refractivity contribution is 0.0697. The summed E-state index contributed by atoms with van der Waals surface area (Å²) in [6.07, 6.45) is 0. The average Bonchev–Trinajstić information content (AvgIpc) is 2.53. The van der Waals surface area contributed by atoms with Crippen LogP contribution in [0.25, 0.3) is 10.9 Å². The number of aromatic carboxylic acids is 1. The SMILES string of the molecule is Cc1cc2ccccc2nc1SCc1ccc(C(=O)O)cc1. The topological polar surface area (TPSA) is 50.2 Å². The maximum atomic E-state index is 10.8. The zero-order chi connectivity index (χ0) is 15.5. The number of benzene rings is 2. The van der Waals surface area contributed by atoms with Gasteiger partial charge in [-0.05, 0) is 42.3 Å². The van der Waals surface area contributed by atoms with Gasteiger partial charge >= 0.3 is 5.97 Å². The predicted octanol–water partition coefficient (Wildman–Crippen LogP) is 4.53. The number of para-hydroxylation sites is 1. The number of thioether (sulfide) groups is 1. The third-order valence-electron chi connectivity index (χ3n) is 3.44. The number of carbonyl (C=O) groups is 1. The van der Waals surface area contributed by atoms with Gasteiger partial charge in [0.25, 0.3) is 0 Å². The van der Waals surface area contributed by atoms with Crippen LogP contribution in [-0.4, -0.2) is 16.1 Å². The van der Waals surface area contributed by atoms with Gasteiger partial charge in [-0.2, -0.15) is 0 Å². The first-order valence-electron chi connectivity index (χ1n) is 6.95. The maximum Gasteiger partial charge on any atom is 0.335 e. The minimum atomic E-state index is -0.897. The minimum absolute atomic E-state index is 0.314. The van der Waals surface area contributed by atoms with Crippen LogP contribution >= 0.6 is 11.8 Å². The lowest BCUT2D eigenvalue weighted by Crippen LogP contribution is -1.95. The number of hydrogen-bond acceptors (Lipinski definition) is 3. The summed E-state index contributed by atoms with van der Waals surface area (Å²) in [7, 11) is 0. The van der Waals surface area contributed by atoms with Crippen molar-refractivity contribution in [3.05, 3.63) is 71.3 Å². The second kappa shape index (κ2) is 6.20. The van der Waals surface area contributed by atoms with Crippen LogP contribution in [0.1, 0.15) is 21.5 Å². The highest BCUT2D eigenvalue weighted by atomic mass is 32.2. The Morgan fingerprint density at radius 1 is 1.14 bits per heavy atom. The van der Waals surface area contributed by atoms with E-state index in [2.05, 4.69) is 19.1 Å². The number of hydrogen-bond donors (Lipinski definition) is 1. The van der Waals surface area contributed by atoms with E-state index >= 15 is 0 Å². The van der Waals surface area contributed by atoms with E-state index in [0.717, 1.165) is 32.8 Å². The van der Waals surface area contributed by atoms with Gasteiger partial charge in [-0.15, -0.1) is 11.8 Å². The zero-order valence-corrected chi connectivity index (χ0v) is 12.9. The van der Waals surface area contributed by atoms with Crippen molar-refractivity contribution in [2.75, 3.05) is 0 Å². The molecule has 3 aromatic rings. The fourth-order valence-corrected chi connectivity index (χ4v) is 3.19. The zero-order valence-electron chi connectivity index (χ0n) is 12.1. The van der Waals surface area contributed by atoms with Crippen molar-refractivity contribution in [1.29, 1.82) is 0 Å². The van der Waals surface area contributed by atoms with E-state index in [9.17, 15) is 4.79 Å². The molecule has 2 aromatic carbocycles. The van der Waals surface area contributed by atoms with E-state index in [1.165, 1.54) is 0 Å². The molecule has 0 saturated carbocycles. The molecule has 0 saturated heterocycles. The fourth-order valence-electron chi connectivity index (χ4n) is 2.25. The number of nitrogens with zero attached hydrogens (tertiary/aromatic N) is 1. The lowest BCUT2D eigenvalue weighted by atomic mass is 10.1. The molecule has 110 valence electrons. The summed E-state index contributed by atoms with van der Waals surface area (Å²) in [5.41, 5.74) is 3.56. The van der Waals surface area contributed by atoms with Crippen molar-refractivity contribution in [1.82, 2.24) is 4.98 Å². The van der Waals surface area contributed by atoms with Crippen molar-refractivity contribution in [3.8, 4) is 0 Å². The highest BCUT2D eigenvalue weighted by molar-refractivity contribution is 7.98. The summed E-state index contributed by atoms with van der Waals surface area (Å²) in [4.78, 5) is 15.5. The van der Waals surface area contributed by atoms with Gasteiger partial charge in [0.1, 0.15) is 0 Å². The highest BCUT2D eigenvalue weighted by Crippen LogP contribution is 2.27. The molecule has 4 heteroatoms. The Labute approximate surface area is 133 Å². The van der Waals surface area contributed by atoms with E-state index < -0.39 is 5.97 Å². The summed E-state index contributed by atoms with van der Waals surface area (Å²) in [5.74, 6) is -0.127. The third kappa shape index (κ3) is 3.12.